The number of amides is 2. The fourth-order valence-corrected chi connectivity index (χ4v) is 1.86. The van der Waals surface area contributed by atoms with Gasteiger partial charge >= 0.3 is 0 Å². The van der Waals surface area contributed by atoms with Crippen LogP contribution in [0, 0.1) is 0 Å². The van der Waals surface area contributed by atoms with Crippen molar-refractivity contribution in [1.29, 1.82) is 0 Å². The molecular weight excluding hydrogens is 306 g/mol. The molecule has 0 aliphatic carbocycles. The molecule has 0 atom stereocenters. The van der Waals surface area contributed by atoms with Crippen molar-refractivity contribution in [2.24, 2.45) is 0 Å². The smallest absolute Gasteiger partial charge is 0.273 e. The SMILES string of the molecule is CC(=O)NCCCNC(=O)c1cn(-c2ccc(Cl)cc2)nn1. The molecule has 2 N–H and O–H groups in total. The first-order valence-corrected chi connectivity index (χ1v) is 7.15. The number of hydrogen-bond acceptors (Lipinski definition) is 4. The lowest BCUT2D eigenvalue weighted by atomic mass is 10.3. The highest BCUT2D eigenvalue weighted by atomic mass is 35.5. The van der Waals surface area contributed by atoms with Crippen LogP contribution in [0.5, 0.6) is 0 Å². The molecule has 0 saturated heterocycles. The summed E-state index contributed by atoms with van der Waals surface area (Å²) < 4.78 is 1.50. The van der Waals surface area contributed by atoms with Crippen LogP contribution in [0.1, 0.15) is 23.8 Å². The molecule has 0 aliphatic heterocycles. The summed E-state index contributed by atoms with van der Waals surface area (Å²) in [7, 11) is 0. The van der Waals surface area contributed by atoms with E-state index in [1.54, 1.807) is 30.5 Å². The molecule has 0 saturated carbocycles. The van der Waals surface area contributed by atoms with Crippen molar-refractivity contribution in [2.75, 3.05) is 13.1 Å². The van der Waals surface area contributed by atoms with E-state index in [0.717, 1.165) is 5.69 Å². The lowest BCUT2D eigenvalue weighted by Gasteiger charge is -2.03. The third-order valence-electron chi connectivity index (χ3n) is 2.83. The first-order valence-electron chi connectivity index (χ1n) is 6.77. The van der Waals surface area contributed by atoms with Crippen molar-refractivity contribution < 1.29 is 9.59 Å². The Morgan fingerprint density at radius 1 is 1.18 bits per heavy atom. The number of aromatic nitrogens is 3. The van der Waals surface area contributed by atoms with Crippen LogP contribution in [-0.2, 0) is 4.79 Å². The van der Waals surface area contributed by atoms with Gasteiger partial charge in [-0.15, -0.1) is 5.10 Å². The Hall–Kier alpha value is -2.41. The van der Waals surface area contributed by atoms with Gasteiger partial charge in [0.05, 0.1) is 11.9 Å². The average molecular weight is 322 g/mol. The van der Waals surface area contributed by atoms with Gasteiger partial charge in [0.15, 0.2) is 5.69 Å². The van der Waals surface area contributed by atoms with Gasteiger partial charge in [0.1, 0.15) is 0 Å². The number of nitrogens with one attached hydrogen (secondary N) is 2. The summed E-state index contributed by atoms with van der Waals surface area (Å²) in [4.78, 5) is 22.6. The molecule has 1 aromatic heterocycles. The molecule has 0 bridgehead atoms. The van der Waals surface area contributed by atoms with E-state index in [1.807, 2.05) is 0 Å². The van der Waals surface area contributed by atoms with Gasteiger partial charge in [0, 0.05) is 25.0 Å². The molecule has 0 spiro atoms. The number of carbonyl (C=O) groups is 2. The van der Waals surface area contributed by atoms with E-state index < -0.39 is 0 Å². The predicted octanol–water partition coefficient (Wildman–Crippen LogP) is 1.18. The van der Waals surface area contributed by atoms with Crippen LogP contribution in [0.4, 0.5) is 0 Å². The van der Waals surface area contributed by atoms with E-state index in [2.05, 4.69) is 20.9 Å². The van der Waals surface area contributed by atoms with Crippen molar-refractivity contribution in [2.45, 2.75) is 13.3 Å². The van der Waals surface area contributed by atoms with Crippen LogP contribution in [-0.4, -0.2) is 39.9 Å². The van der Waals surface area contributed by atoms with Gasteiger partial charge in [-0.3, -0.25) is 9.59 Å². The van der Waals surface area contributed by atoms with Crippen LogP contribution in [0.2, 0.25) is 5.02 Å². The minimum absolute atomic E-state index is 0.0859. The van der Waals surface area contributed by atoms with Crippen LogP contribution in [0.3, 0.4) is 0 Å². The normalized spacial score (nSPS) is 10.3. The van der Waals surface area contributed by atoms with Crippen LogP contribution < -0.4 is 10.6 Å². The molecule has 1 heterocycles. The fraction of sp³-hybridized carbons (Fsp3) is 0.286. The number of carbonyl (C=O) groups excluding carboxylic acids is 2. The van der Waals surface area contributed by atoms with Crippen molar-refractivity contribution in [3.8, 4) is 5.69 Å². The third-order valence-corrected chi connectivity index (χ3v) is 3.08. The van der Waals surface area contributed by atoms with Gasteiger partial charge in [-0.05, 0) is 30.7 Å². The summed E-state index contributed by atoms with van der Waals surface area (Å²) in [5, 5.41) is 13.8. The maximum atomic E-state index is 11.9. The summed E-state index contributed by atoms with van der Waals surface area (Å²) >= 11 is 5.82. The summed E-state index contributed by atoms with van der Waals surface area (Å²) in [5.74, 6) is -0.389. The average Bonchev–Trinajstić information content (AvgIpc) is 2.97. The van der Waals surface area contributed by atoms with Gasteiger partial charge in [0.2, 0.25) is 5.91 Å². The maximum Gasteiger partial charge on any atom is 0.273 e. The van der Waals surface area contributed by atoms with Crippen molar-refractivity contribution >= 4 is 23.4 Å². The Bertz CT molecular complexity index is 654. The second-order valence-corrected chi connectivity index (χ2v) is 5.05. The molecular formula is C14H16ClN5O2. The van der Waals surface area contributed by atoms with Crippen LogP contribution in [0.15, 0.2) is 30.5 Å². The summed E-state index contributed by atoms with van der Waals surface area (Å²) in [5.41, 5.74) is 0.996. The number of hydrogen-bond donors (Lipinski definition) is 2. The number of nitrogens with zero attached hydrogens (tertiary/aromatic N) is 3. The van der Waals surface area contributed by atoms with Gasteiger partial charge in [-0.25, -0.2) is 4.68 Å². The highest BCUT2D eigenvalue weighted by molar-refractivity contribution is 6.30. The molecule has 2 rings (SSSR count). The second kappa shape index (κ2) is 7.56. The molecule has 116 valence electrons. The molecule has 2 aromatic rings. The Morgan fingerprint density at radius 2 is 1.86 bits per heavy atom. The van der Waals surface area contributed by atoms with E-state index in [-0.39, 0.29) is 17.5 Å². The largest absolute Gasteiger partial charge is 0.356 e. The zero-order chi connectivity index (χ0) is 15.9. The number of benzene rings is 1. The van der Waals surface area contributed by atoms with Crippen LogP contribution >= 0.6 is 11.6 Å². The van der Waals surface area contributed by atoms with E-state index in [4.69, 9.17) is 11.6 Å². The summed E-state index contributed by atoms with van der Waals surface area (Å²) in [6, 6.07) is 7.04. The Kier molecular flexibility index (Phi) is 5.48. The second-order valence-electron chi connectivity index (χ2n) is 4.62. The van der Waals surface area contributed by atoms with E-state index >= 15 is 0 Å². The van der Waals surface area contributed by atoms with Gasteiger partial charge < -0.3 is 10.6 Å². The van der Waals surface area contributed by atoms with E-state index in [1.165, 1.54) is 11.6 Å². The van der Waals surface area contributed by atoms with Crippen LogP contribution in [0.25, 0.3) is 5.69 Å². The topological polar surface area (TPSA) is 88.9 Å². The standard InChI is InChI=1S/C14H16ClN5O2/c1-10(21)16-7-2-8-17-14(22)13-9-20(19-18-13)12-5-3-11(15)4-6-12/h3-6,9H,2,7-8H2,1H3,(H,16,21)(H,17,22). The molecule has 2 amide bonds. The van der Waals surface area contributed by atoms with Gasteiger partial charge in [0.25, 0.3) is 5.91 Å². The zero-order valence-electron chi connectivity index (χ0n) is 12.0. The van der Waals surface area contributed by atoms with E-state index in [9.17, 15) is 9.59 Å². The van der Waals surface area contributed by atoms with Gasteiger partial charge in [-0.1, -0.05) is 16.8 Å². The fourth-order valence-electron chi connectivity index (χ4n) is 1.73. The molecule has 22 heavy (non-hydrogen) atoms. The first kappa shape index (κ1) is 16.0. The minimum Gasteiger partial charge on any atom is -0.356 e. The summed E-state index contributed by atoms with van der Waals surface area (Å²) in [6.45, 7) is 2.42. The first-order chi connectivity index (χ1) is 10.6. The zero-order valence-corrected chi connectivity index (χ0v) is 12.8. The number of rotatable bonds is 6. The maximum absolute atomic E-state index is 11.9. The van der Waals surface area contributed by atoms with Crippen molar-refractivity contribution in [3.63, 3.8) is 0 Å². The van der Waals surface area contributed by atoms with Gasteiger partial charge in [-0.2, -0.15) is 0 Å². The molecule has 8 heteroatoms. The Morgan fingerprint density at radius 3 is 2.55 bits per heavy atom. The third kappa shape index (κ3) is 4.56. The predicted molar refractivity (Wildman–Crippen MR) is 82.0 cm³/mol. The lowest BCUT2D eigenvalue weighted by Crippen LogP contribution is -2.29. The number of halogens is 1. The highest BCUT2D eigenvalue weighted by Gasteiger charge is 2.10. The highest BCUT2D eigenvalue weighted by Crippen LogP contribution is 2.12. The molecule has 0 unspecified atom stereocenters. The molecule has 7 nitrogen and oxygen atoms in total. The lowest BCUT2D eigenvalue weighted by molar-refractivity contribution is -0.118. The van der Waals surface area contributed by atoms with E-state index in [0.29, 0.717) is 24.5 Å². The van der Waals surface area contributed by atoms with Crippen molar-refractivity contribution in [3.05, 3.63) is 41.2 Å². The quantitative estimate of drug-likeness (QED) is 0.782. The minimum atomic E-state index is -0.303. The molecule has 0 fully saturated rings. The summed E-state index contributed by atoms with van der Waals surface area (Å²) in [6.07, 6.45) is 2.20. The molecule has 0 aliphatic rings. The molecule has 1 aromatic carbocycles. The molecule has 0 radical (unpaired) electrons. The Balaban J connectivity index is 1.86. The monoisotopic (exact) mass is 321 g/mol. The Labute approximate surface area is 132 Å². The van der Waals surface area contributed by atoms with Crippen molar-refractivity contribution in [1.82, 2.24) is 25.6 Å².